The Labute approximate surface area is 99.6 Å². The molecule has 86 valence electrons. The van der Waals surface area contributed by atoms with Gasteiger partial charge in [-0.15, -0.1) is 0 Å². The highest BCUT2D eigenvalue weighted by Crippen LogP contribution is 2.21. The van der Waals surface area contributed by atoms with E-state index in [1.54, 1.807) is 7.11 Å². The van der Waals surface area contributed by atoms with Gasteiger partial charge in [-0.05, 0) is 53.0 Å². The summed E-state index contributed by atoms with van der Waals surface area (Å²) in [5.74, 6) is -1.67. The lowest BCUT2D eigenvalue weighted by Gasteiger charge is -2.28. The van der Waals surface area contributed by atoms with Crippen LogP contribution in [0.15, 0.2) is 0 Å². The zero-order valence-electron chi connectivity index (χ0n) is 9.68. The van der Waals surface area contributed by atoms with Gasteiger partial charge in [-0.2, -0.15) is 0 Å². The van der Waals surface area contributed by atoms with Gasteiger partial charge in [0.1, 0.15) is 0 Å². The molecule has 0 aromatic carbocycles. The van der Waals surface area contributed by atoms with Crippen LogP contribution >= 0.6 is 20.2 Å². The standard InChI is InChI=1S/C6H20INO3Si3/c1-9-14(5,6)11-12(2)10-13(3,4)7-8/h8,12H,1-6H3. The quantitative estimate of drug-likeness (QED) is 0.447. The smallest absolute Gasteiger partial charge is 0.322 e. The summed E-state index contributed by atoms with van der Waals surface area (Å²) in [5, 5.41) is 0. The molecule has 0 aliphatic heterocycles. The van der Waals surface area contributed by atoms with E-state index in [2.05, 4.69) is 13.1 Å². The summed E-state index contributed by atoms with van der Waals surface area (Å²) in [5.41, 5.74) is 0. The van der Waals surface area contributed by atoms with Gasteiger partial charge in [0.2, 0.25) is 0 Å². The third-order valence-corrected chi connectivity index (χ3v) is 16.4. The van der Waals surface area contributed by atoms with E-state index < -0.39 is 43.9 Å². The first-order valence-electron chi connectivity index (χ1n) is 4.45. The third kappa shape index (κ3) is 6.53. The molecule has 4 nitrogen and oxygen atoms in total. The van der Waals surface area contributed by atoms with Crippen LogP contribution in [0.4, 0.5) is 0 Å². The summed E-state index contributed by atoms with van der Waals surface area (Å²) < 4.78 is 24.5. The van der Waals surface area contributed by atoms with E-state index in [1.807, 2.05) is 19.6 Å². The molecule has 0 radical (unpaired) electrons. The van der Waals surface area contributed by atoms with Gasteiger partial charge in [0.25, 0.3) is 15.1 Å². The molecular weight excluding hydrogens is 345 g/mol. The third-order valence-electron chi connectivity index (χ3n) is 1.62. The number of nitrogens with one attached hydrogen (secondary N) is 1. The van der Waals surface area contributed by atoms with Gasteiger partial charge >= 0.3 is 8.56 Å². The minimum absolute atomic E-state index is 0.524. The molecule has 1 N–H and O–H groups in total. The highest BCUT2D eigenvalue weighted by Gasteiger charge is 2.31. The Hall–Kier alpha value is 1.06. The van der Waals surface area contributed by atoms with Gasteiger partial charge in [-0.25, -0.2) is 0 Å². The Bertz CT molecular complexity index is 203. The summed E-state index contributed by atoms with van der Waals surface area (Å²) in [6, 6.07) is 0. The molecule has 1 atom stereocenters. The predicted molar refractivity (Wildman–Crippen MR) is 73.9 cm³/mol. The maximum atomic E-state index is 7.47. The summed E-state index contributed by atoms with van der Waals surface area (Å²) in [6.07, 6.45) is 0. The van der Waals surface area contributed by atoms with Crippen molar-refractivity contribution in [2.24, 2.45) is 0 Å². The summed E-state index contributed by atoms with van der Waals surface area (Å²) in [6.45, 7) is 10.3. The van der Waals surface area contributed by atoms with Crippen LogP contribution in [0, 0.1) is 3.56 Å². The molecule has 0 saturated carbocycles. The average Bonchev–Trinajstić information content (AvgIpc) is 2.02. The molecule has 0 spiro atoms. The van der Waals surface area contributed by atoms with Crippen LogP contribution in [-0.2, 0) is 12.7 Å². The molecule has 0 aromatic rings. The van der Waals surface area contributed by atoms with Crippen LogP contribution in [0.3, 0.4) is 0 Å². The molecule has 0 aliphatic carbocycles. The highest BCUT2D eigenvalue weighted by molar-refractivity contribution is 14.2. The molecule has 8 heteroatoms. The van der Waals surface area contributed by atoms with E-state index in [0.717, 1.165) is 0 Å². The normalized spacial score (nSPS) is 15.6. The monoisotopic (exact) mass is 365 g/mol. The number of halogens is 1. The second kappa shape index (κ2) is 5.96. The summed E-state index contributed by atoms with van der Waals surface area (Å²) in [7, 11) is -1.84. The molecule has 1 unspecified atom stereocenters. The van der Waals surface area contributed by atoms with Crippen molar-refractivity contribution in [3.05, 3.63) is 0 Å². The minimum Gasteiger partial charge on any atom is -0.430 e. The van der Waals surface area contributed by atoms with Gasteiger partial charge in [0, 0.05) is 7.11 Å². The molecule has 0 heterocycles. The largest absolute Gasteiger partial charge is 0.430 e. The van der Waals surface area contributed by atoms with Gasteiger partial charge in [-0.3, -0.25) is 3.56 Å². The fourth-order valence-corrected chi connectivity index (χ4v) is 12.8. The van der Waals surface area contributed by atoms with Crippen molar-refractivity contribution in [2.45, 2.75) is 32.7 Å². The first-order chi connectivity index (χ1) is 6.22. The average molecular weight is 365 g/mol. The summed E-state index contributed by atoms with van der Waals surface area (Å²) in [4.78, 5) is 0. The van der Waals surface area contributed by atoms with Crippen LogP contribution in [0.5, 0.6) is 0 Å². The Balaban J connectivity index is 4.11. The zero-order chi connectivity index (χ0) is 11.4. The molecule has 0 saturated heterocycles. The minimum atomic E-state index is -1.94. The van der Waals surface area contributed by atoms with Crippen molar-refractivity contribution in [2.75, 3.05) is 7.11 Å². The maximum absolute atomic E-state index is 7.47. The van der Waals surface area contributed by atoms with Crippen molar-refractivity contribution in [3.8, 4) is 0 Å². The van der Waals surface area contributed by atoms with Crippen molar-refractivity contribution < 1.29 is 12.7 Å². The molecule has 14 heavy (non-hydrogen) atoms. The van der Waals surface area contributed by atoms with Crippen LogP contribution in [0.25, 0.3) is 0 Å². The van der Waals surface area contributed by atoms with Crippen molar-refractivity contribution >= 4 is 43.9 Å². The first kappa shape index (κ1) is 15.1. The molecular formula is C6H20INO3Si3. The first-order valence-corrected chi connectivity index (χ1v) is 16.5. The highest BCUT2D eigenvalue weighted by atomic mass is 127. The SMILES string of the molecule is CO[Si](C)(C)O[SiH](C)O[Si](C)(C)I=N. The molecule has 0 aromatic heterocycles. The number of hydrogen-bond acceptors (Lipinski definition) is 4. The number of hydrogen-bond donors (Lipinski definition) is 1. The van der Waals surface area contributed by atoms with Gasteiger partial charge in [0.05, 0.1) is 0 Å². The molecule has 0 aliphatic rings. The second-order valence-electron chi connectivity index (χ2n) is 3.87. The van der Waals surface area contributed by atoms with E-state index in [-0.39, 0.29) is 0 Å². The van der Waals surface area contributed by atoms with Crippen molar-refractivity contribution in [3.63, 3.8) is 0 Å². The topological polar surface area (TPSA) is 51.5 Å². The van der Waals surface area contributed by atoms with E-state index in [9.17, 15) is 0 Å². The zero-order valence-corrected chi connectivity index (χ0v) is 15.0. The fraction of sp³-hybridized carbons (Fsp3) is 1.00. The van der Waals surface area contributed by atoms with E-state index in [4.69, 9.17) is 16.2 Å². The van der Waals surface area contributed by atoms with E-state index >= 15 is 0 Å². The molecule has 0 bridgehead atoms. The molecule has 0 amide bonds. The molecule has 0 fully saturated rings. The molecule has 0 rings (SSSR count). The van der Waals surface area contributed by atoms with Gasteiger partial charge in [-0.1, -0.05) is 0 Å². The van der Waals surface area contributed by atoms with Crippen LogP contribution < -0.4 is 0 Å². The number of rotatable bonds is 6. The lowest BCUT2D eigenvalue weighted by molar-refractivity contribution is 0.294. The lowest BCUT2D eigenvalue weighted by atomic mass is 11.8. The van der Waals surface area contributed by atoms with Gasteiger partial charge < -0.3 is 12.7 Å². The lowest BCUT2D eigenvalue weighted by Crippen LogP contribution is -2.43. The van der Waals surface area contributed by atoms with Crippen LogP contribution in [0.2, 0.25) is 32.7 Å². The van der Waals surface area contributed by atoms with Crippen molar-refractivity contribution in [1.82, 2.24) is 0 Å². The van der Waals surface area contributed by atoms with E-state index in [0.29, 0.717) is 0 Å². The van der Waals surface area contributed by atoms with Crippen molar-refractivity contribution in [1.29, 1.82) is 3.56 Å². The van der Waals surface area contributed by atoms with E-state index in [1.165, 1.54) is 0 Å². The fourth-order valence-electron chi connectivity index (χ4n) is 0.889. The Kier molecular flexibility index (Phi) is 6.41. The van der Waals surface area contributed by atoms with Gasteiger partial charge in [0.15, 0.2) is 0 Å². The second-order valence-corrected chi connectivity index (χ2v) is 22.4. The van der Waals surface area contributed by atoms with Crippen LogP contribution in [0.1, 0.15) is 0 Å². The Morgan fingerprint density at radius 1 is 1.14 bits per heavy atom. The van der Waals surface area contributed by atoms with Crippen LogP contribution in [-0.4, -0.2) is 30.8 Å². The summed E-state index contributed by atoms with van der Waals surface area (Å²) >= 11 is -0.524. The Morgan fingerprint density at radius 3 is 2.00 bits per heavy atom. The predicted octanol–water partition coefficient (Wildman–Crippen LogP) is 2.65. The Morgan fingerprint density at radius 2 is 1.64 bits per heavy atom. The maximum Gasteiger partial charge on any atom is 0.322 e.